The molecule has 170 valence electrons. The summed E-state index contributed by atoms with van der Waals surface area (Å²) in [4.78, 5) is 14.9. The Morgan fingerprint density at radius 1 is 1.15 bits per heavy atom. The van der Waals surface area contributed by atoms with Gasteiger partial charge in [0.25, 0.3) is 10.0 Å². The monoisotopic (exact) mass is 537 g/mol. The van der Waals surface area contributed by atoms with Crippen LogP contribution in [0.5, 0.6) is 11.5 Å². The maximum absolute atomic E-state index is 14.5. The lowest BCUT2D eigenvalue weighted by Gasteiger charge is -2.11. The number of nitrogens with zero attached hydrogens (tertiary/aromatic N) is 2. The summed E-state index contributed by atoms with van der Waals surface area (Å²) in [7, 11) is -4.03. The molecule has 0 aliphatic rings. The molecule has 0 aliphatic heterocycles. The zero-order valence-electron chi connectivity index (χ0n) is 16.7. The largest absolute Gasteiger partial charge is 0.465 e. The van der Waals surface area contributed by atoms with E-state index in [4.69, 9.17) is 9.84 Å². The first-order valence-electron chi connectivity index (χ1n) is 9.22. The summed E-state index contributed by atoms with van der Waals surface area (Å²) in [6.45, 7) is 1.83. The number of ether oxygens (including phenoxy) is 1. The van der Waals surface area contributed by atoms with E-state index < -0.39 is 33.5 Å². The van der Waals surface area contributed by atoms with Gasteiger partial charge >= 0.3 is 6.09 Å². The fourth-order valence-corrected chi connectivity index (χ4v) is 5.14. The van der Waals surface area contributed by atoms with Gasteiger partial charge in [-0.1, -0.05) is 17.7 Å². The number of aryl methyl sites for hydroxylation is 1. The van der Waals surface area contributed by atoms with Gasteiger partial charge in [-0.05, 0) is 41.1 Å². The molecular formula is C21H14BrF2N3O5S. The maximum atomic E-state index is 14.5. The molecule has 2 aromatic heterocycles. The van der Waals surface area contributed by atoms with Gasteiger partial charge in [-0.2, -0.15) is 0 Å². The zero-order chi connectivity index (χ0) is 23.9. The van der Waals surface area contributed by atoms with E-state index in [-0.39, 0.29) is 31.8 Å². The van der Waals surface area contributed by atoms with Gasteiger partial charge in [-0.25, -0.2) is 30.9 Å². The first-order chi connectivity index (χ1) is 15.6. The number of carbonyl (C=O) groups is 1. The van der Waals surface area contributed by atoms with Crippen molar-refractivity contribution in [1.82, 2.24) is 8.96 Å². The molecular weight excluding hydrogens is 524 g/mol. The molecule has 0 spiro atoms. The summed E-state index contributed by atoms with van der Waals surface area (Å²) >= 11 is 3.27. The highest BCUT2D eigenvalue weighted by Crippen LogP contribution is 2.38. The molecule has 0 radical (unpaired) electrons. The van der Waals surface area contributed by atoms with Crippen LogP contribution < -0.4 is 10.1 Å². The normalized spacial score (nSPS) is 11.5. The number of anilines is 1. The minimum atomic E-state index is -4.03. The zero-order valence-corrected chi connectivity index (χ0v) is 19.1. The van der Waals surface area contributed by atoms with E-state index in [0.29, 0.717) is 0 Å². The molecule has 2 N–H and O–H groups in total. The lowest BCUT2D eigenvalue weighted by Crippen LogP contribution is -2.12. The van der Waals surface area contributed by atoms with E-state index in [2.05, 4.69) is 20.9 Å². The Morgan fingerprint density at radius 3 is 2.39 bits per heavy atom. The molecule has 2 heterocycles. The summed E-state index contributed by atoms with van der Waals surface area (Å²) in [5, 5.41) is 10.7. The van der Waals surface area contributed by atoms with Crippen molar-refractivity contribution in [3.63, 3.8) is 0 Å². The number of carboxylic acid groups (broad SMARTS) is 1. The second kappa shape index (κ2) is 8.45. The second-order valence-corrected chi connectivity index (χ2v) is 9.57. The number of aromatic nitrogens is 2. The van der Waals surface area contributed by atoms with Crippen LogP contribution in [0, 0.1) is 18.6 Å². The van der Waals surface area contributed by atoms with Crippen LogP contribution in [0.3, 0.4) is 0 Å². The van der Waals surface area contributed by atoms with Crippen molar-refractivity contribution in [2.24, 2.45) is 0 Å². The smallest absolute Gasteiger partial charge is 0.409 e. The average molecular weight is 538 g/mol. The van der Waals surface area contributed by atoms with Gasteiger partial charge in [0, 0.05) is 29.0 Å². The van der Waals surface area contributed by atoms with E-state index in [1.54, 1.807) is 12.1 Å². The molecule has 1 amide bonds. The van der Waals surface area contributed by atoms with Crippen LogP contribution in [0.4, 0.5) is 19.3 Å². The molecule has 0 saturated heterocycles. The van der Waals surface area contributed by atoms with Crippen molar-refractivity contribution in [3.8, 4) is 11.5 Å². The molecule has 0 atom stereocenters. The number of halogens is 3. The highest BCUT2D eigenvalue weighted by molar-refractivity contribution is 9.10. The molecule has 12 heteroatoms. The third-order valence-electron chi connectivity index (χ3n) is 4.61. The summed E-state index contributed by atoms with van der Waals surface area (Å²) in [6, 6.07) is 9.07. The first kappa shape index (κ1) is 22.7. The van der Waals surface area contributed by atoms with Crippen LogP contribution in [0.15, 0.2) is 64.2 Å². The topological polar surface area (TPSA) is 111 Å². The highest BCUT2D eigenvalue weighted by Gasteiger charge is 2.24. The standard InChI is InChI=1S/C21H14BrF2N3O5S/c1-11-2-4-13(5-3-11)33(30,31)27-10-14(22)18-17(6-7-25-20(18)27)32-19-15(23)8-12(9-16(19)24)26-21(28)29/h2-10,26H,1H3,(H,28,29). The van der Waals surface area contributed by atoms with Crippen molar-refractivity contribution in [2.75, 3.05) is 5.32 Å². The van der Waals surface area contributed by atoms with E-state index >= 15 is 0 Å². The lowest BCUT2D eigenvalue weighted by molar-refractivity contribution is 0.209. The van der Waals surface area contributed by atoms with Gasteiger partial charge in [0.2, 0.25) is 0 Å². The molecule has 4 rings (SSSR count). The van der Waals surface area contributed by atoms with Gasteiger partial charge in [-0.3, -0.25) is 5.32 Å². The van der Waals surface area contributed by atoms with E-state index in [9.17, 15) is 22.0 Å². The van der Waals surface area contributed by atoms with Gasteiger partial charge < -0.3 is 9.84 Å². The number of pyridine rings is 1. The van der Waals surface area contributed by atoms with Crippen molar-refractivity contribution in [3.05, 3.63) is 76.5 Å². The van der Waals surface area contributed by atoms with E-state index in [1.165, 1.54) is 30.6 Å². The predicted octanol–water partition coefficient (Wildman–Crippen LogP) is 5.50. The molecule has 0 aliphatic carbocycles. The molecule has 0 unspecified atom stereocenters. The Morgan fingerprint density at radius 2 is 1.79 bits per heavy atom. The van der Waals surface area contributed by atoms with Crippen LogP contribution in [-0.2, 0) is 10.0 Å². The first-order valence-corrected chi connectivity index (χ1v) is 11.5. The Hall–Kier alpha value is -3.51. The van der Waals surface area contributed by atoms with Crippen molar-refractivity contribution in [1.29, 1.82) is 0 Å². The minimum absolute atomic E-state index is 0.0232. The van der Waals surface area contributed by atoms with Gasteiger partial charge in [-0.15, -0.1) is 0 Å². The Labute approximate surface area is 194 Å². The number of nitrogens with one attached hydrogen (secondary N) is 1. The van der Waals surface area contributed by atoms with Crippen molar-refractivity contribution >= 4 is 48.8 Å². The molecule has 0 fully saturated rings. The summed E-state index contributed by atoms with van der Waals surface area (Å²) in [6.07, 6.45) is 1.02. The summed E-state index contributed by atoms with van der Waals surface area (Å²) < 4.78 is 61.9. The highest BCUT2D eigenvalue weighted by atomic mass is 79.9. The van der Waals surface area contributed by atoms with Crippen LogP contribution >= 0.6 is 15.9 Å². The summed E-state index contributed by atoms with van der Waals surface area (Å²) in [5.41, 5.74) is 0.543. The van der Waals surface area contributed by atoms with Crippen LogP contribution in [-0.4, -0.2) is 28.6 Å². The van der Waals surface area contributed by atoms with Crippen LogP contribution in [0.25, 0.3) is 11.0 Å². The number of hydrogen-bond acceptors (Lipinski definition) is 5. The number of amides is 1. The fraction of sp³-hybridized carbons (Fsp3) is 0.0476. The Bertz CT molecular complexity index is 1480. The van der Waals surface area contributed by atoms with Crippen LogP contribution in [0.1, 0.15) is 5.56 Å². The van der Waals surface area contributed by atoms with Crippen molar-refractivity contribution in [2.45, 2.75) is 11.8 Å². The number of hydrogen-bond donors (Lipinski definition) is 2. The van der Waals surface area contributed by atoms with E-state index in [1.807, 2.05) is 12.2 Å². The van der Waals surface area contributed by atoms with Gasteiger partial charge in [0.15, 0.2) is 23.0 Å². The molecule has 2 aromatic carbocycles. The summed E-state index contributed by atoms with van der Waals surface area (Å²) in [5.74, 6) is -3.18. The average Bonchev–Trinajstić information content (AvgIpc) is 3.09. The Kier molecular flexibility index (Phi) is 5.80. The lowest BCUT2D eigenvalue weighted by atomic mass is 10.2. The minimum Gasteiger partial charge on any atom is -0.465 e. The predicted molar refractivity (Wildman–Crippen MR) is 119 cm³/mol. The molecule has 4 aromatic rings. The van der Waals surface area contributed by atoms with E-state index in [0.717, 1.165) is 21.7 Å². The molecule has 33 heavy (non-hydrogen) atoms. The number of benzene rings is 2. The third kappa shape index (κ3) is 4.26. The van der Waals surface area contributed by atoms with Gasteiger partial charge in [0.1, 0.15) is 5.75 Å². The SMILES string of the molecule is Cc1ccc(S(=O)(=O)n2cc(Br)c3c(Oc4c(F)cc(NC(=O)O)cc4F)ccnc32)cc1. The third-order valence-corrected chi connectivity index (χ3v) is 6.88. The number of rotatable bonds is 5. The number of fused-ring (bicyclic) bond motifs is 1. The Balaban J connectivity index is 1.80. The maximum Gasteiger partial charge on any atom is 0.409 e. The second-order valence-electron chi connectivity index (χ2n) is 6.90. The van der Waals surface area contributed by atoms with Crippen molar-refractivity contribution < 1.29 is 31.8 Å². The van der Waals surface area contributed by atoms with Gasteiger partial charge in [0.05, 0.1) is 16.0 Å². The van der Waals surface area contributed by atoms with Crippen LogP contribution in [0.2, 0.25) is 0 Å². The quantitative estimate of drug-likeness (QED) is 0.347. The molecule has 8 nitrogen and oxygen atoms in total. The molecule has 0 bridgehead atoms. The molecule has 0 saturated carbocycles. The fourth-order valence-electron chi connectivity index (χ4n) is 3.11.